The largest absolute Gasteiger partial charge is 0.327 e. The predicted molar refractivity (Wildman–Crippen MR) is 63.7 cm³/mol. The van der Waals surface area contributed by atoms with Crippen LogP contribution in [0.2, 0.25) is 0 Å². The van der Waals surface area contributed by atoms with Gasteiger partial charge in [0.25, 0.3) is 0 Å². The monoisotopic (exact) mass is 210 g/mol. The molecule has 14 heavy (non-hydrogen) atoms. The highest BCUT2D eigenvalue weighted by Crippen LogP contribution is 2.05. The van der Waals surface area contributed by atoms with E-state index in [0.29, 0.717) is 0 Å². The number of hydrogen-bond acceptors (Lipinski definition) is 3. The van der Waals surface area contributed by atoms with Crippen LogP contribution in [0.25, 0.3) is 0 Å². The molecule has 0 bridgehead atoms. The van der Waals surface area contributed by atoms with Crippen LogP contribution in [-0.4, -0.2) is 23.0 Å². The van der Waals surface area contributed by atoms with Crippen LogP contribution in [0.3, 0.4) is 0 Å². The maximum Gasteiger partial charge on any atom is 0.0419 e. The number of nitrogens with two attached hydrogens (primary N) is 1. The van der Waals surface area contributed by atoms with E-state index in [1.165, 1.54) is 5.56 Å². The molecule has 0 fully saturated rings. The Labute approximate surface area is 90.3 Å². The van der Waals surface area contributed by atoms with E-state index < -0.39 is 0 Å². The van der Waals surface area contributed by atoms with Crippen LogP contribution in [0.5, 0.6) is 0 Å². The van der Waals surface area contributed by atoms with E-state index in [1.807, 2.05) is 6.20 Å². The lowest BCUT2D eigenvalue weighted by molar-refractivity contribution is 0.731. The summed E-state index contributed by atoms with van der Waals surface area (Å²) >= 11 is 1.78. The summed E-state index contributed by atoms with van der Waals surface area (Å²) < 4.78 is 0. The lowest BCUT2D eigenvalue weighted by Gasteiger charge is -2.09. The van der Waals surface area contributed by atoms with Crippen LogP contribution in [-0.2, 0) is 12.8 Å². The van der Waals surface area contributed by atoms with Crippen molar-refractivity contribution < 1.29 is 0 Å². The van der Waals surface area contributed by atoms with Crippen molar-refractivity contribution in [1.82, 2.24) is 4.98 Å². The average Bonchev–Trinajstić information content (AvgIpc) is 2.19. The van der Waals surface area contributed by atoms with Gasteiger partial charge < -0.3 is 5.73 Å². The SMILES string of the molecule is CCc1ccc(CC(N)CSC)nc1. The Kier molecular flexibility index (Phi) is 4.98. The van der Waals surface area contributed by atoms with Crippen LogP contribution in [0, 0.1) is 0 Å². The molecule has 1 rings (SSSR count). The molecule has 1 unspecified atom stereocenters. The van der Waals surface area contributed by atoms with Crippen LogP contribution in [0.15, 0.2) is 18.3 Å². The van der Waals surface area contributed by atoms with Gasteiger partial charge in [0.2, 0.25) is 0 Å². The summed E-state index contributed by atoms with van der Waals surface area (Å²) in [6.45, 7) is 2.14. The molecule has 0 aliphatic heterocycles. The van der Waals surface area contributed by atoms with E-state index >= 15 is 0 Å². The smallest absolute Gasteiger partial charge is 0.0419 e. The number of aryl methyl sites for hydroxylation is 1. The Balaban J connectivity index is 2.50. The van der Waals surface area contributed by atoms with E-state index in [2.05, 4.69) is 30.3 Å². The van der Waals surface area contributed by atoms with Crippen LogP contribution < -0.4 is 5.73 Å². The number of nitrogens with zero attached hydrogens (tertiary/aromatic N) is 1. The summed E-state index contributed by atoms with van der Waals surface area (Å²) in [5.74, 6) is 0.997. The molecule has 0 saturated carbocycles. The minimum Gasteiger partial charge on any atom is -0.327 e. The lowest BCUT2D eigenvalue weighted by Crippen LogP contribution is -2.25. The van der Waals surface area contributed by atoms with E-state index in [-0.39, 0.29) is 6.04 Å². The standard InChI is InChI=1S/C11H18N2S/c1-3-9-4-5-11(13-7-9)6-10(12)8-14-2/h4-5,7,10H,3,6,8,12H2,1-2H3. The molecular formula is C11H18N2S. The van der Waals surface area contributed by atoms with E-state index in [4.69, 9.17) is 5.73 Å². The molecule has 0 aromatic carbocycles. The fraction of sp³-hybridized carbons (Fsp3) is 0.545. The van der Waals surface area contributed by atoms with Crippen molar-refractivity contribution in [3.8, 4) is 0 Å². The summed E-state index contributed by atoms with van der Waals surface area (Å²) in [5.41, 5.74) is 8.31. The zero-order valence-electron chi connectivity index (χ0n) is 8.86. The molecule has 3 heteroatoms. The Morgan fingerprint density at radius 3 is 2.79 bits per heavy atom. The highest BCUT2D eigenvalue weighted by molar-refractivity contribution is 7.98. The molecule has 0 aliphatic carbocycles. The van der Waals surface area contributed by atoms with Gasteiger partial charge in [-0.15, -0.1) is 0 Å². The minimum atomic E-state index is 0.227. The second-order valence-corrected chi connectivity index (χ2v) is 4.34. The first-order valence-electron chi connectivity index (χ1n) is 4.94. The second kappa shape index (κ2) is 6.04. The third-order valence-electron chi connectivity index (χ3n) is 2.15. The van der Waals surface area contributed by atoms with Crippen molar-refractivity contribution in [2.24, 2.45) is 5.73 Å². The summed E-state index contributed by atoms with van der Waals surface area (Å²) in [4.78, 5) is 4.38. The molecule has 0 amide bonds. The predicted octanol–water partition coefficient (Wildman–Crippen LogP) is 1.88. The van der Waals surface area contributed by atoms with Crippen LogP contribution >= 0.6 is 11.8 Å². The van der Waals surface area contributed by atoms with Crippen molar-refractivity contribution in [1.29, 1.82) is 0 Å². The number of hydrogen-bond donors (Lipinski definition) is 1. The first-order valence-corrected chi connectivity index (χ1v) is 6.34. The topological polar surface area (TPSA) is 38.9 Å². The average molecular weight is 210 g/mol. The van der Waals surface area contributed by atoms with Crippen LogP contribution in [0.1, 0.15) is 18.2 Å². The zero-order chi connectivity index (χ0) is 10.4. The van der Waals surface area contributed by atoms with Crippen molar-refractivity contribution in [3.05, 3.63) is 29.6 Å². The highest BCUT2D eigenvalue weighted by atomic mass is 32.2. The normalized spacial score (nSPS) is 12.8. The molecular weight excluding hydrogens is 192 g/mol. The van der Waals surface area contributed by atoms with Gasteiger partial charge >= 0.3 is 0 Å². The molecule has 78 valence electrons. The molecule has 2 N–H and O–H groups in total. The molecule has 0 saturated heterocycles. The Morgan fingerprint density at radius 1 is 1.50 bits per heavy atom. The van der Waals surface area contributed by atoms with Gasteiger partial charge in [0, 0.05) is 30.1 Å². The quantitative estimate of drug-likeness (QED) is 0.806. The van der Waals surface area contributed by atoms with Gasteiger partial charge in [0.1, 0.15) is 0 Å². The van der Waals surface area contributed by atoms with E-state index in [0.717, 1.165) is 24.3 Å². The molecule has 1 heterocycles. The van der Waals surface area contributed by atoms with Crippen molar-refractivity contribution in [3.63, 3.8) is 0 Å². The fourth-order valence-electron chi connectivity index (χ4n) is 1.33. The summed E-state index contributed by atoms with van der Waals surface area (Å²) in [6, 6.07) is 4.44. The Bertz CT molecular complexity index is 258. The number of rotatable bonds is 5. The van der Waals surface area contributed by atoms with Gasteiger partial charge in [-0.05, 0) is 24.3 Å². The zero-order valence-corrected chi connectivity index (χ0v) is 9.68. The van der Waals surface area contributed by atoms with Gasteiger partial charge in [-0.3, -0.25) is 4.98 Å². The fourth-order valence-corrected chi connectivity index (χ4v) is 1.87. The highest BCUT2D eigenvalue weighted by Gasteiger charge is 2.03. The van der Waals surface area contributed by atoms with Crippen molar-refractivity contribution in [2.75, 3.05) is 12.0 Å². The van der Waals surface area contributed by atoms with Gasteiger partial charge in [0.05, 0.1) is 0 Å². The maximum atomic E-state index is 5.93. The van der Waals surface area contributed by atoms with E-state index in [9.17, 15) is 0 Å². The van der Waals surface area contributed by atoms with Crippen molar-refractivity contribution >= 4 is 11.8 Å². The Morgan fingerprint density at radius 2 is 2.29 bits per heavy atom. The molecule has 1 aromatic heterocycles. The third kappa shape index (κ3) is 3.68. The third-order valence-corrected chi connectivity index (χ3v) is 2.91. The Hall–Kier alpha value is -0.540. The van der Waals surface area contributed by atoms with Gasteiger partial charge in [-0.25, -0.2) is 0 Å². The van der Waals surface area contributed by atoms with Gasteiger partial charge in [-0.2, -0.15) is 11.8 Å². The van der Waals surface area contributed by atoms with Gasteiger partial charge in [0.15, 0.2) is 0 Å². The molecule has 0 aliphatic rings. The first kappa shape index (κ1) is 11.5. The van der Waals surface area contributed by atoms with E-state index in [1.54, 1.807) is 11.8 Å². The first-order chi connectivity index (χ1) is 6.76. The number of pyridine rings is 1. The molecule has 1 atom stereocenters. The molecule has 1 aromatic rings. The number of aromatic nitrogens is 1. The summed E-state index contributed by atoms with van der Waals surface area (Å²) in [5, 5.41) is 0. The molecule has 2 nitrogen and oxygen atoms in total. The maximum absolute atomic E-state index is 5.93. The van der Waals surface area contributed by atoms with Crippen molar-refractivity contribution in [2.45, 2.75) is 25.8 Å². The molecule has 0 spiro atoms. The van der Waals surface area contributed by atoms with Gasteiger partial charge in [-0.1, -0.05) is 13.0 Å². The molecule has 0 radical (unpaired) electrons. The summed E-state index contributed by atoms with van der Waals surface area (Å²) in [6.07, 6.45) is 5.95. The minimum absolute atomic E-state index is 0.227. The van der Waals surface area contributed by atoms with Crippen LogP contribution in [0.4, 0.5) is 0 Å². The lowest BCUT2D eigenvalue weighted by atomic mass is 10.1. The number of thioether (sulfide) groups is 1. The second-order valence-electron chi connectivity index (χ2n) is 3.43. The summed E-state index contributed by atoms with van der Waals surface area (Å²) in [7, 11) is 0.